The van der Waals surface area contributed by atoms with Crippen LogP contribution in [0.5, 0.6) is 0 Å². The molecular formula is C16H17N3O4. The van der Waals surface area contributed by atoms with Crippen molar-refractivity contribution in [2.45, 2.75) is 18.4 Å². The van der Waals surface area contributed by atoms with Crippen LogP contribution < -0.4 is 0 Å². The molecule has 120 valence electrons. The zero-order valence-electron chi connectivity index (χ0n) is 12.7. The first-order chi connectivity index (χ1) is 11.1. The van der Waals surface area contributed by atoms with Gasteiger partial charge in [0.2, 0.25) is 0 Å². The zero-order valence-corrected chi connectivity index (χ0v) is 12.7. The van der Waals surface area contributed by atoms with E-state index in [0.717, 1.165) is 0 Å². The summed E-state index contributed by atoms with van der Waals surface area (Å²) in [5.41, 5.74) is 0.391. The molecule has 0 radical (unpaired) electrons. The Labute approximate surface area is 132 Å². The van der Waals surface area contributed by atoms with Crippen LogP contribution in [0.25, 0.3) is 11.0 Å². The first kappa shape index (κ1) is 15.4. The van der Waals surface area contributed by atoms with E-state index in [2.05, 4.69) is 9.97 Å². The predicted molar refractivity (Wildman–Crippen MR) is 82.1 cm³/mol. The highest BCUT2D eigenvalue weighted by atomic mass is 16.5. The second-order valence-electron chi connectivity index (χ2n) is 5.59. The molecule has 1 atom stereocenters. The number of hydrogen-bond donors (Lipinski definition) is 1. The number of aromatic nitrogens is 2. The number of carbonyl (C=O) groups excluding carboxylic acids is 1. The topological polar surface area (TPSA) is 92.6 Å². The van der Waals surface area contributed by atoms with Gasteiger partial charge < -0.3 is 14.7 Å². The average Bonchev–Trinajstić information content (AvgIpc) is 2.99. The largest absolute Gasteiger partial charge is 0.479 e. The fraction of sp³-hybridized carbons (Fsp3) is 0.375. The predicted octanol–water partition coefficient (Wildman–Crippen LogP) is 1.34. The number of rotatable bonds is 4. The Morgan fingerprint density at radius 3 is 2.74 bits per heavy atom. The molecule has 7 heteroatoms. The summed E-state index contributed by atoms with van der Waals surface area (Å²) in [5, 5.41) is 9.64. The Morgan fingerprint density at radius 2 is 2.04 bits per heavy atom. The van der Waals surface area contributed by atoms with Crippen molar-refractivity contribution in [3.8, 4) is 0 Å². The van der Waals surface area contributed by atoms with Crippen molar-refractivity contribution in [2.24, 2.45) is 0 Å². The summed E-state index contributed by atoms with van der Waals surface area (Å²) in [6, 6.07) is 5.00. The maximum absolute atomic E-state index is 12.8. The van der Waals surface area contributed by atoms with Gasteiger partial charge in [0.15, 0.2) is 5.54 Å². The molecular weight excluding hydrogens is 298 g/mol. The van der Waals surface area contributed by atoms with Crippen LogP contribution in [0.3, 0.4) is 0 Å². The highest BCUT2D eigenvalue weighted by Crippen LogP contribution is 2.32. The number of fused-ring (bicyclic) bond motifs is 1. The van der Waals surface area contributed by atoms with Crippen molar-refractivity contribution >= 4 is 22.9 Å². The SMILES string of the molecule is COCC1(C(=O)O)CCCN1C(=O)c1ccc2nccnc2c1. The van der Waals surface area contributed by atoms with Gasteiger partial charge in [0, 0.05) is 31.6 Å². The number of nitrogens with zero attached hydrogens (tertiary/aromatic N) is 3. The molecule has 23 heavy (non-hydrogen) atoms. The van der Waals surface area contributed by atoms with Gasteiger partial charge in [-0.25, -0.2) is 4.79 Å². The fourth-order valence-electron chi connectivity index (χ4n) is 3.10. The molecule has 2 aromatic rings. The first-order valence-electron chi connectivity index (χ1n) is 7.33. The second-order valence-corrected chi connectivity index (χ2v) is 5.59. The number of carbonyl (C=O) groups is 2. The van der Waals surface area contributed by atoms with E-state index >= 15 is 0 Å². The number of carboxylic acids is 1. The highest BCUT2D eigenvalue weighted by Gasteiger charge is 2.50. The lowest BCUT2D eigenvalue weighted by Gasteiger charge is -2.34. The van der Waals surface area contributed by atoms with E-state index < -0.39 is 11.5 Å². The van der Waals surface area contributed by atoms with Crippen LogP contribution in [0.15, 0.2) is 30.6 Å². The van der Waals surface area contributed by atoms with E-state index in [1.165, 1.54) is 12.0 Å². The number of aliphatic carboxylic acids is 1. The first-order valence-corrected chi connectivity index (χ1v) is 7.33. The van der Waals surface area contributed by atoms with E-state index in [9.17, 15) is 14.7 Å². The molecule has 1 N–H and O–H groups in total. The summed E-state index contributed by atoms with van der Waals surface area (Å²) in [5.74, 6) is -1.36. The average molecular weight is 315 g/mol. The quantitative estimate of drug-likeness (QED) is 0.915. The minimum atomic E-state index is -1.30. The van der Waals surface area contributed by atoms with Gasteiger partial charge in [-0.3, -0.25) is 14.8 Å². The van der Waals surface area contributed by atoms with Crippen LogP contribution in [0, 0.1) is 0 Å². The van der Waals surface area contributed by atoms with E-state index in [-0.39, 0.29) is 12.5 Å². The summed E-state index contributed by atoms with van der Waals surface area (Å²) in [6.07, 6.45) is 4.15. The smallest absolute Gasteiger partial charge is 0.332 e. The second kappa shape index (κ2) is 5.92. The van der Waals surface area contributed by atoms with Crippen LogP contribution in [0.2, 0.25) is 0 Å². The number of amides is 1. The van der Waals surface area contributed by atoms with Crippen LogP contribution in [-0.2, 0) is 9.53 Å². The third kappa shape index (κ3) is 2.53. The minimum absolute atomic E-state index is 0.0263. The summed E-state index contributed by atoms with van der Waals surface area (Å²) in [4.78, 5) is 34.4. The Balaban J connectivity index is 1.98. The van der Waals surface area contributed by atoms with Gasteiger partial charge in [-0.2, -0.15) is 0 Å². The number of benzene rings is 1. The van der Waals surface area contributed by atoms with Crippen molar-refractivity contribution in [1.29, 1.82) is 0 Å². The number of likely N-dealkylation sites (tertiary alicyclic amines) is 1. The summed E-state index contributed by atoms with van der Waals surface area (Å²) < 4.78 is 5.08. The molecule has 3 rings (SSSR count). The van der Waals surface area contributed by atoms with E-state index in [0.29, 0.717) is 36.0 Å². The van der Waals surface area contributed by atoms with Crippen molar-refractivity contribution in [2.75, 3.05) is 20.3 Å². The lowest BCUT2D eigenvalue weighted by Crippen LogP contribution is -2.56. The van der Waals surface area contributed by atoms with Crippen LogP contribution >= 0.6 is 0 Å². The highest BCUT2D eigenvalue weighted by molar-refractivity contribution is 6.00. The molecule has 1 saturated heterocycles. The summed E-state index contributed by atoms with van der Waals surface area (Å²) >= 11 is 0. The number of methoxy groups -OCH3 is 1. The van der Waals surface area contributed by atoms with Crippen LogP contribution in [0.4, 0.5) is 0 Å². The summed E-state index contributed by atoms with van der Waals surface area (Å²) in [7, 11) is 1.44. The molecule has 1 unspecified atom stereocenters. The van der Waals surface area contributed by atoms with E-state index in [1.807, 2.05) is 0 Å². The van der Waals surface area contributed by atoms with Gasteiger partial charge >= 0.3 is 5.97 Å². The minimum Gasteiger partial charge on any atom is -0.479 e. The molecule has 2 heterocycles. The Morgan fingerprint density at radius 1 is 1.30 bits per heavy atom. The van der Waals surface area contributed by atoms with E-state index in [4.69, 9.17) is 4.74 Å². The lowest BCUT2D eigenvalue weighted by atomic mass is 9.96. The molecule has 1 amide bonds. The molecule has 0 spiro atoms. The normalized spacial score (nSPS) is 20.8. The van der Waals surface area contributed by atoms with Gasteiger partial charge in [-0.15, -0.1) is 0 Å². The van der Waals surface area contributed by atoms with Gasteiger partial charge in [0.1, 0.15) is 0 Å². The van der Waals surface area contributed by atoms with Crippen molar-refractivity contribution in [1.82, 2.24) is 14.9 Å². The number of hydrogen-bond acceptors (Lipinski definition) is 5. The molecule has 1 aromatic heterocycles. The maximum Gasteiger partial charge on any atom is 0.332 e. The molecule has 1 fully saturated rings. The zero-order chi connectivity index (χ0) is 16.4. The van der Waals surface area contributed by atoms with Crippen molar-refractivity contribution in [3.63, 3.8) is 0 Å². The Kier molecular flexibility index (Phi) is 3.96. The number of carboxylic acid groups (broad SMARTS) is 1. The van der Waals surface area contributed by atoms with Crippen molar-refractivity contribution < 1.29 is 19.4 Å². The molecule has 0 saturated carbocycles. The molecule has 0 bridgehead atoms. The Hall–Kier alpha value is -2.54. The molecule has 1 aliphatic rings. The van der Waals surface area contributed by atoms with Crippen LogP contribution in [-0.4, -0.2) is 57.7 Å². The molecule has 7 nitrogen and oxygen atoms in total. The maximum atomic E-state index is 12.8. The standard InChI is InChI=1S/C16H17N3O4/c1-23-10-16(15(21)22)5-2-8-19(16)14(20)11-3-4-12-13(9-11)18-7-6-17-12/h3-4,6-7,9H,2,5,8,10H2,1H3,(H,21,22). The van der Waals surface area contributed by atoms with Gasteiger partial charge in [0.25, 0.3) is 5.91 Å². The van der Waals surface area contributed by atoms with E-state index in [1.54, 1.807) is 30.6 Å². The fourth-order valence-corrected chi connectivity index (χ4v) is 3.10. The summed E-state index contributed by atoms with van der Waals surface area (Å²) in [6.45, 7) is 0.370. The van der Waals surface area contributed by atoms with Gasteiger partial charge in [-0.05, 0) is 31.0 Å². The monoisotopic (exact) mass is 315 g/mol. The third-order valence-electron chi connectivity index (χ3n) is 4.23. The number of ether oxygens (including phenoxy) is 1. The van der Waals surface area contributed by atoms with Crippen LogP contribution in [0.1, 0.15) is 23.2 Å². The molecule has 1 aromatic carbocycles. The van der Waals surface area contributed by atoms with Gasteiger partial charge in [-0.1, -0.05) is 0 Å². The molecule has 0 aliphatic carbocycles. The molecule has 1 aliphatic heterocycles. The Bertz CT molecular complexity index is 764. The third-order valence-corrected chi connectivity index (χ3v) is 4.23. The van der Waals surface area contributed by atoms with Gasteiger partial charge in [0.05, 0.1) is 17.6 Å². The lowest BCUT2D eigenvalue weighted by molar-refractivity contribution is -0.151. The van der Waals surface area contributed by atoms with Crippen molar-refractivity contribution in [3.05, 3.63) is 36.2 Å².